The van der Waals surface area contributed by atoms with Crippen molar-refractivity contribution in [3.63, 3.8) is 0 Å². The topological polar surface area (TPSA) is 26.3 Å². The van der Waals surface area contributed by atoms with Crippen molar-refractivity contribution in [1.82, 2.24) is 0 Å². The average molecular weight is 554 g/mol. The summed E-state index contributed by atoms with van der Waals surface area (Å²) in [5.41, 5.74) is 0. The first-order chi connectivity index (χ1) is 14.1. The molecule has 0 spiro atoms. The summed E-state index contributed by atoms with van der Waals surface area (Å²) in [5.74, 6) is -58.7. The summed E-state index contributed by atoms with van der Waals surface area (Å²) < 4.78 is 225. The predicted molar refractivity (Wildman–Crippen MR) is 71.3 cm³/mol. The summed E-state index contributed by atoms with van der Waals surface area (Å²) in [7, 11) is 0. The maximum absolute atomic E-state index is 13.5. The minimum atomic E-state index is -8.69. The lowest BCUT2D eigenvalue weighted by molar-refractivity contribution is -0.461. The highest BCUT2D eigenvalue weighted by molar-refractivity contribution is 6.30. The molecule has 2 nitrogen and oxygen atoms in total. The van der Waals surface area contributed by atoms with Gasteiger partial charge in [0.25, 0.3) is 0 Å². The molecule has 1 atom stereocenters. The molecule has 0 amide bonds. The number of ether oxygens (including phenoxy) is 1. The van der Waals surface area contributed by atoms with Crippen LogP contribution in [-0.2, 0) is 9.53 Å². The number of alkyl halides is 18. The van der Waals surface area contributed by atoms with Crippen molar-refractivity contribution in [2.45, 2.75) is 59.4 Å². The normalized spacial score (nSPS) is 16.6. The minimum Gasteiger partial charge on any atom is -0.464 e. The van der Waals surface area contributed by atoms with Crippen LogP contribution in [0, 0.1) is 6.92 Å². The van der Waals surface area contributed by atoms with Crippen molar-refractivity contribution >= 4 is 17.6 Å². The third-order valence-corrected chi connectivity index (χ3v) is 3.88. The van der Waals surface area contributed by atoms with Gasteiger partial charge in [-0.05, 0) is 6.92 Å². The van der Waals surface area contributed by atoms with Crippen molar-refractivity contribution in [2.75, 3.05) is 6.61 Å². The second-order valence-electron chi connectivity index (χ2n) is 6.03. The Hall–Kier alpha value is -1.43. The zero-order valence-corrected chi connectivity index (χ0v) is 15.6. The van der Waals surface area contributed by atoms with Crippen molar-refractivity contribution in [3.8, 4) is 0 Å². The van der Waals surface area contributed by atoms with Gasteiger partial charge in [-0.1, -0.05) is 0 Å². The highest BCUT2D eigenvalue weighted by Crippen LogP contribution is 2.64. The minimum absolute atomic E-state index is 1.77. The van der Waals surface area contributed by atoms with E-state index in [1.807, 2.05) is 0 Å². The quantitative estimate of drug-likeness (QED) is 0.179. The Morgan fingerprint density at radius 3 is 1.24 bits per heavy atom. The smallest absolute Gasteiger partial charge is 0.460 e. The van der Waals surface area contributed by atoms with E-state index in [0.29, 0.717) is 0 Å². The Morgan fingerprint density at radius 2 is 0.939 bits per heavy atom. The molecule has 0 aromatic rings. The zero-order valence-electron chi connectivity index (χ0n) is 14.8. The molecule has 0 N–H and O–H groups in total. The Morgan fingerprint density at radius 1 is 0.636 bits per heavy atom. The molecule has 197 valence electrons. The molecule has 1 unspecified atom stereocenters. The molecule has 0 aromatic carbocycles. The van der Waals surface area contributed by atoms with E-state index in [4.69, 9.17) is 11.6 Å². The SMILES string of the molecule is [CH2]C(Cl)C(=O)OCCC(F)(F)C(F)(F)C(F)(F)C(F)(F)C(F)(F)C(F)(F)C(F)(F)C(F)(F)F. The number of hydrogen-bond acceptors (Lipinski definition) is 2. The van der Waals surface area contributed by atoms with Gasteiger partial charge in [0.05, 0.1) is 13.0 Å². The van der Waals surface area contributed by atoms with Gasteiger partial charge in [-0.2, -0.15) is 74.6 Å². The van der Waals surface area contributed by atoms with Gasteiger partial charge in [-0.15, -0.1) is 11.6 Å². The van der Waals surface area contributed by atoms with Crippen LogP contribution < -0.4 is 0 Å². The number of hydrogen-bond donors (Lipinski definition) is 0. The number of esters is 1. The first-order valence-electron chi connectivity index (χ1n) is 7.43. The van der Waals surface area contributed by atoms with Crippen LogP contribution in [0.15, 0.2) is 0 Å². The summed E-state index contributed by atoms with van der Waals surface area (Å²) >= 11 is 4.93. The molecule has 0 saturated carbocycles. The van der Waals surface area contributed by atoms with E-state index in [9.17, 15) is 79.4 Å². The van der Waals surface area contributed by atoms with E-state index < -0.39 is 72.0 Å². The Kier molecular flexibility index (Phi) is 8.28. The van der Waals surface area contributed by atoms with Crippen molar-refractivity contribution in [1.29, 1.82) is 0 Å². The van der Waals surface area contributed by atoms with Gasteiger partial charge in [0.2, 0.25) is 0 Å². The molecular weight excluding hydrogens is 547 g/mol. The van der Waals surface area contributed by atoms with E-state index >= 15 is 0 Å². The van der Waals surface area contributed by atoms with E-state index in [0.717, 1.165) is 0 Å². The van der Waals surface area contributed by atoms with Crippen molar-refractivity contribution in [3.05, 3.63) is 6.92 Å². The molecule has 20 heteroatoms. The molecule has 0 aromatic heterocycles. The van der Waals surface area contributed by atoms with Crippen molar-refractivity contribution in [2.24, 2.45) is 0 Å². The van der Waals surface area contributed by atoms with Gasteiger partial charge in [0.15, 0.2) is 0 Å². The highest BCUT2D eigenvalue weighted by atomic mass is 35.5. The maximum Gasteiger partial charge on any atom is 0.460 e. The first kappa shape index (κ1) is 31.6. The lowest BCUT2D eigenvalue weighted by Crippen LogP contribution is -2.74. The van der Waals surface area contributed by atoms with Crippen LogP contribution in [-0.4, -0.2) is 65.6 Å². The summed E-state index contributed by atoms with van der Waals surface area (Å²) in [6.07, 6.45) is -10.7. The zero-order chi connectivity index (χ0) is 27.3. The van der Waals surface area contributed by atoms with Crippen LogP contribution in [0.4, 0.5) is 74.6 Å². The Balaban J connectivity index is 6.34. The number of halogens is 18. The number of carbonyl (C=O) groups excluding carboxylic acids is 1. The predicted octanol–water partition coefficient (Wildman–Crippen LogP) is 6.37. The Bertz CT molecular complexity index is 712. The number of carbonyl (C=O) groups is 1. The standard InChI is InChI=1S/C13H7ClF17O2/c1-4(14)5(32)33-3-2-6(15,16)7(17,18)8(19,20)9(21,22)10(23,24)11(25,26)12(27,28)13(29,30)31/h4H,1-3H2. The fourth-order valence-electron chi connectivity index (χ4n) is 1.72. The van der Waals surface area contributed by atoms with E-state index in [2.05, 4.69) is 11.7 Å². The first-order valence-corrected chi connectivity index (χ1v) is 7.86. The van der Waals surface area contributed by atoms with Crippen LogP contribution in [0.1, 0.15) is 6.42 Å². The Labute approximate surface area is 176 Å². The van der Waals surface area contributed by atoms with Crippen molar-refractivity contribution < 1.29 is 84.2 Å². The molecular formula is C13H7ClF17O2. The second-order valence-corrected chi connectivity index (χ2v) is 6.56. The molecule has 33 heavy (non-hydrogen) atoms. The fourth-order valence-corrected chi connectivity index (χ4v) is 1.79. The third-order valence-electron chi connectivity index (χ3n) is 3.70. The summed E-state index contributed by atoms with van der Waals surface area (Å²) in [4.78, 5) is 10.8. The highest BCUT2D eigenvalue weighted by Gasteiger charge is 2.95. The summed E-state index contributed by atoms with van der Waals surface area (Å²) in [6, 6.07) is 0. The monoisotopic (exact) mass is 553 g/mol. The molecule has 1 radical (unpaired) electrons. The van der Waals surface area contributed by atoms with Gasteiger partial charge in [-0.3, -0.25) is 4.79 Å². The van der Waals surface area contributed by atoms with Crippen LogP contribution in [0.2, 0.25) is 0 Å². The molecule has 0 rings (SSSR count). The average Bonchev–Trinajstić information content (AvgIpc) is 2.59. The van der Waals surface area contributed by atoms with E-state index in [1.54, 1.807) is 0 Å². The summed E-state index contributed by atoms with van der Waals surface area (Å²) in [6.45, 7) is 0.646. The lowest BCUT2D eigenvalue weighted by Gasteiger charge is -2.42. The molecule has 0 saturated heterocycles. The van der Waals surface area contributed by atoms with Gasteiger partial charge >= 0.3 is 53.6 Å². The second kappa shape index (κ2) is 8.66. The lowest BCUT2D eigenvalue weighted by atomic mass is 9.88. The van der Waals surface area contributed by atoms with Crippen LogP contribution in [0.3, 0.4) is 0 Å². The molecule has 0 aliphatic rings. The summed E-state index contributed by atoms with van der Waals surface area (Å²) in [5, 5.41) is -1.90. The maximum atomic E-state index is 13.5. The fraction of sp³-hybridized carbons (Fsp3) is 0.846. The van der Waals surface area contributed by atoms with Crippen LogP contribution in [0.25, 0.3) is 0 Å². The molecule has 0 heterocycles. The van der Waals surface area contributed by atoms with Gasteiger partial charge in [-0.25, -0.2) is 0 Å². The van der Waals surface area contributed by atoms with E-state index in [1.165, 1.54) is 0 Å². The number of rotatable bonds is 10. The molecule has 0 bridgehead atoms. The molecule has 0 fully saturated rings. The van der Waals surface area contributed by atoms with Gasteiger partial charge in [0, 0.05) is 0 Å². The van der Waals surface area contributed by atoms with Gasteiger partial charge in [0.1, 0.15) is 5.38 Å². The van der Waals surface area contributed by atoms with Crippen LogP contribution in [0.5, 0.6) is 0 Å². The largest absolute Gasteiger partial charge is 0.464 e. The van der Waals surface area contributed by atoms with Gasteiger partial charge < -0.3 is 4.74 Å². The third kappa shape index (κ3) is 4.74. The van der Waals surface area contributed by atoms with Crippen LogP contribution >= 0.6 is 11.6 Å². The molecule has 0 aliphatic heterocycles. The molecule has 0 aliphatic carbocycles. The van der Waals surface area contributed by atoms with E-state index in [-0.39, 0.29) is 0 Å².